The van der Waals surface area contributed by atoms with Crippen molar-refractivity contribution in [3.05, 3.63) is 0 Å². The Morgan fingerprint density at radius 3 is 1.44 bits per heavy atom. The van der Waals surface area contributed by atoms with Crippen molar-refractivity contribution in [3.63, 3.8) is 0 Å². The summed E-state index contributed by atoms with van der Waals surface area (Å²) < 4.78 is 34.0. The summed E-state index contributed by atoms with van der Waals surface area (Å²) in [5, 5.41) is 11.9. The molecule has 16 heavy (non-hydrogen) atoms. The van der Waals surface area contributed by atoms with Gasteiger partial charge in [-0.3, -0.25) is 0 Å². The largest absolute Gasteiger partial charge is 0.393 e. The molecule has 0 unspecified atom stereocenters. The summed E-state index contributed by atoms with van der Waals surface area (Å²) in [7, 11) is -4.94. The highest BCUT2D eigenvalue weighted by molar-refractivity contribution is 4.83. The molecule has 0 aliphatic carbocycles. The summed E-state index contributed by atoms with van der Waals surface area (Å²) in [4.78, 5) is 0. The third-order valence-corrected chi connectivity index (χ3v) is 2.30. The number of hydrogen-bond donors (Lipinski definition) is 2. The molecule has 1 aliphatic rings. The molecule has 1 fully saturated rings. The summed E-state index contributed by atoms with van der Waals surface area (Å²) >= 11 is 0. The van der Waals surface area contributed by atoms with Crippen LogP contribution in [0.15, 0.2) is 0 Å². The highest BCUT2D eigenvalue weighted by atomic mass is 35.7. The first-order chi connectivity index (χ1) is 6.81. The molecule has 0 aromatic rings. The summed E-state index contributed by atoms with van der Waals surface area (Å²) in [5.41, 5.74) is 0.419. The van der Waals surface area contributed by atoms with Gasteiger partial charge in [0.05, 0.1) is 17.2 Å². The molecular weight excluding hydrogens is 238 g/mol. The number of rotatable bonds is 0. The molecule has 1 rings (SSSR count). The summed E-state index contributed by atoms with van der Waals surface area (Å²) in [6.45, 7) is 8.77. The van der Waals surface area contributed by atoms with Gasteiger partial charge < -0.3 is 10.4 Å². The SMILES string of the molecule is CC1(C)CC(O)CC(C)(C)[NH2+]1.[O-][Cl+3]([O-])([O-])[O-]. The van der Waals surface area contributed by atoms with E-state index >= 15 is 0 Å². The Balaban J connectivity index is 0.000000385. The van der Waals surface area contributed by atoms with Crippen LogP contribution in [-0.2, 0) is 0 Å². The zero-order valence-corrected chi connectivity index (χ0v) is 10.8. The fourth-order valence-electron chi connectivity index (χ4n) is 2.46. The Bertz CT molecular complexity index is 204. The maximum Gasteiger partial charge on any atom is 0.0933 e. The molecule has 0 bridgehead atoms. The highest BCUT2D eigenvalue weighted by Gasteiger charge is 2.40. The molecule has 98 valence electrons. The summed E-state index contributed by atoms with van der Waals surface area (Å²) in [6, 6.07) is 0. The first-order valence-electron chi connectivity index (χ1n) is 4.98. The van der Waals surface area contributed by atoms with Crippen molar-refractivity contribution in [2.75, 3.05) is 0 Å². The van der Waals surface area contributed by atoms with Crippen molar-refractivity contribution in [1.29, 1.82) is 0 Å². The van der Waals surface area contributed by atoms with Gasteiger partial charge in [-0.15, -0.1) is 10.2 Å². The van der Waals surface area contributed by atoms with Crippen molar-refractivity contribution < 1.29 is 39.3 Å². The predicted octanol–water partition coefficient (Wildman–Crippen LogP) is -4.49. The van der Waals surface area contributed by atoms with Crippen molar-refractivity contribution in [2.45, 2.75) is 57.7 Å². The molecule has 7 heteroatoms. The Morgan fingerprint density at radius 2 is 1.25 bits per heavy atom. The first kappa shape index (κ1) is 16.1. The minimum absolute atomic E-state index is 0.106. The van der Waals surface area contributed by atoms with Gasteiger partial charge >= 0.3 is 0 Å². The molecule has 0 aromatic carbocycles. The lowest BCUT2D eigenvalue weighted by molar-refractivity contribution is -2.00. The normalized spacial score (nSPS) is 24.6. The average Bonchev–Trinajstić information content (AvgIpc) is 1.69. The average molecular weight is 258 g/mol. The summed E-state index contributed by atoms with van der Waals surface area (Å²) in [5.74, 6) is 0. The van der Waals surface area contributed by atoms with Gasteiger partial charge in [-0.25, -0.2) is 18.6 Å². The Labute approximate surface area is 97.6 Å². The van der Waals surface area contributed by atoms with Crippen LogP contribution in [0.4, 0.5) is 0 Å². The van der Waals surface area contributed by atoms with Gasteiger partial charge in [0.15, 0.2) is 0 Å². The molecule has 0 atom stereocenters. The van der Waals surface area contributed by atoms with E-state index in [0.717, 1.165) is 12.8 Å². The number of aliphatic hydroxyl groups excluding tert-OH is 1. The van der Waals surface area contributed by atoms with E-state index in [2.05, 4.69) is 33.0 Å². The molecule has 0 spiro atoms. The van der Waals surface area contributed by atoms with Crippen LogP contribution in [-0.4, -0.2) is 22.3 Å². The van der Waals surface area contributed by atoms with Gasteiger partial charge in [0.1, 0.15) is 0 Å². The van der Waals surface area contributed by atoms with Gasteiger partial charge in [0.2, 0.25) is 0 Å². The lowest BCUT2D eigenvalue weighted by atomic mass is 9.81. The number of quaternary nitrogens is 1. The van der Waals surface area contributed by atoms with Crippen molar-refractivity contribution in [1.82, 2.24) is 0 Å². The van der Waals surface area contributed by atoms with Gasteiger partial charge in [-0.1, -0.05) is 0 Å². The van der Waals surface area contributed by atoms with Gasteiger partial charge in [-0.2, -0.15) is 0 Å². The van der Waals surface area contributed by atoms with E-state index in [-0.39, 0.29) is 17.2 Å². The second kappa shape index (κ2) is 5.14. The number of aliphatic hydroxyl groups is 1. The topological polar surface area (TPSA) is 129 Å². The highest BCUT2D eigenvalue weighted by Crippen LogP contribution is 2.20. The van der Waals surface area contributed by atoms with E-state index in [4.69, 9.17) is 18.6 Å². The second-order valence-electron chi connectivity index (χ2n) is 5.56. The van der Waals surface area contributed by atoms with Crippen LogP contribution < -0.4 is 24.0 Å². The number of hydrogen-bond acceptors (Lipinski definition) is 5. The molecule has 0 saturated carbocycles. The second-order valence-corrected chi connectivity index (χ2v) is 6.32. The van der Waals surface area contributed by atoms with E-state index in [1.807, 2.05) is 0 Å². The van der Waals surface area contributed by atoms with E-state index < -0.39 is 10.2 Å². The van der Waals surface area contributed by atoms with Crippen molar-refractivity contribution in [3.8, 4) is 0 Å². The number of nitrogens with two attached hydrogens (primary N) is 1. The van der Waals surface area contributed by atoms with Crippen LogP contribution >= 0.6 is 0 Å². The molecule has 1 heterocycles. The minimum Gasteiger partial charge on any atom is -0.393 e. The maximum absolute atomic E-state index is 9.56. The van der Waals surface area contributed by atoms with E-state index in [1.54, 1.807) is 0 Å². The molecule has 3 N–H and O–H groups in total. The third-order valence-electron chi connectivity index (χ3n) is 2.30. The fourth-order valence-corrected chi connectivity index (χ4v) is 2.46. The molecule has 6 nitrogen and oxygen atoms in total. The first-order valence-corrected chi connectivity index (χ1v) is 6.21. The van der Waals surface area contributed by atoms with Crippen LogP contribution in [0, 0.1) is 10.2 Å². The van der Waals surface area contributed by atoms with Crippen molar-refractivity contribution in [2.24, 2.45) is 0 Å². The van der Waals surface area contributed by atoms with Gasteiger partial charge in [-0.05, 0) is 27.7 Å². The summed E-state index contributed by atoms with van der Waals surface area (Å²) in [6.07, 6.45) is 1.72. The number of halogens is 1. The van der Waals surface area contributed by atoms with Crippen LogP contribution in [0.25, 0.3) is 0 Å². The Kier molecular flexibility index (Phi) is 5.15. The van der Waals surface area contributed by atoms with Crippen LogP contribution in [0.2, 0.25) is 0 Å². The smallest absolute Gasteiger partial charge is 0.0933 e. The lowest BCUT2D eigenvalue weighted by Crippen LogP contribution is -3.05. The van der Waals surface area contributed by atoms with E-state index in [1.165, 1.54) is 0 Å². The molecule has 1 saturated heterocycles. The minimum atomic E-state index is -4.94. The van der Waals surface area contributed by atoms with Gasteiger partial charge in [0, 0.05) is 12.8 Å². The number of piperidine rings is 1. The molecule has 1 aliphatic heterocycles. The maximum atomic E-state index is 9.56. The van der Waals surface area contributed by atoms with Crippen LogP contribution in [0.3, 0.4) is 0 Å². The zero-order chi connectivity index (χ0) is 13.2. The molecular formula is C9H20ClNO5. The predicted molar refractivity (Wildman–Crippen MR) is 45.3 cm³/mol. The van der Waals surface area contributed by atoms with Crippen LogP contribution in [0.1, 0.15) is 40.5 Å². The van der Waals surface area contributed by atoms with Gasteiger partial charge in [0.25, 0.3) is 0 Å². The lowest BCUT2D eigenvalue weighted by Gasteiger charge is -2.41. The monoisotopic (exact) mass is 257 g/mol. The van der Waals surface area contributed by atoms with Crippen molar-refractivity contribution >= 4 is 0 Å². The molecule has 0 radical (unpaired) electrons. The molecule has 0 aromatic heterocycles. The van der Waals surface area contributed by atoms with Crippen LogP contribution in [0.5, 0.6) is 0 Å². The van der Waals surface area contributed by atoms with E-state index in [9.17, 15) is 5.11 Å². The fraction of sp³-hybridized carbons (Fsp3) is 1.00. The van der Waals surface area contributed by atoms with E-state index in [0.29, 0.717) is 0 Å². The quantitative estimate of drug-likeness (QED) is 0.452. The zero-order valence-electron chi connectivity index (χ0n) is 10.0. The molecule has 0 amide bonds. The Morgan fingerprint density at radius 1 is 1.00 bits per heavy atom. The Hall–Kier alpha value is 0.0500. The third kappa shape index (κ3) is 9.29. The standard InChI is InChI=1S/C9H19NO.ClHO4/c1-8(2)5-7(11)6-9(3,4)10-8;2-1(3,4)5/h7,10-11H,5-6H2,1-4H3;(H,2,3,4,5).